The van der Waals surface area contributed by atoms with Crippen molar-refractivity contribution in [1.29, 1.82) is 0 Å². The molecule has 0 aromatic rings. The van der Waals surface area contributed by atoms with Crippen LogP contribution < -0.4 is 0 Å². The van der Waals surface area contributed by atoms with Gasteiger partial charge >= 0.3 is 5.97 Å². The second-order valence-electron chi connectivity index (χ2n) is 4.34. The first kappa shape index (κ1) is 15.4. The molecule has 0 spiro atoms. The third-order valence-corrected chi connectivity index (χ3v) is 2.23. The van der Waals surface area contributed by atoms with Crippen LogP contribution in [0.2, 0.25) is 0 Å². The summed E-state index contributed by atoms with van der Waals surface area (Å²) in [5.41, 5.74) is 0. The number of rotatable bonds is 4. The molecule has 0 amide bonds. The number of esters is 1. The number of hydrogen-bond donors (Lipinski definition) is 1. The van der Waals surface area contributed by atoms with Crippen molar-refractivity contribution in [3.05, 3.63) is 0 Å². The summed E-state index contributed by atoms with van der Waals surface area (Å²) in [5.74, 6) is 0.431. The van der Waals surface area contributed by atoms with E-state index in [4.69, 9.17) is 14.6 Å². The van der Waals surface area contributed by atoms with Crippen LogP contribution in [0.25, 0.3) is 0 Å². The fourth-order valence-electron chi connectivity index (χ4n) is 1.23. The van der Waals surface area contributed by atoms with Gasteiger partial charge in [-0.25, -0.2) is 0 Å². The Hall–Kier alpha value is -0.610. The normalized spacial score (nSPS) is 19.2. The maximum atomic E-state index is 10.2. The van der Waals surface area contributed by atoms with Crippen molar-refractivity contribution in [2.24, 2.45) is 5.92 Å². The highest BCUT2D eigenvalue weighted by molar-refractivity contribution is 5.65. The molecule has 0 bridgehead atoms. The van der Waals surface area contributed by atoms with E-state index in [2.05, 4.69) is 13.8 Å². The van der Waals surface area contributed by atoms with Gasteiger partial charge in [-0.3, -0.25) is 4.79 Å². The SMILES string of the molecule is CC(=O)OCCC(C)C.OCC1CCCO1. The Morgan fingerprint density at radius 2 is 2.25 bits per heavy atom. The standard InChI is InChI=1S/C7H14O2.C5H10O2/c1-6(2)4-5-9-7(3)8;6-4-5-2-1-3-7-5/h6H,4-5H2,1-3H3;5-6H,1-4H2. The summed E-state index contributed by atoms with van der Waals surface area (Å²) in [4.78, 5) is 10.2. The summed E-state index contributed by atoms with van der Waals surface area (Å²) in [5, 5.41) is 8.44. The summed E-state index contributed by atoms with van der Waals surface area (Å²) >= 11 is 0. The van der Waals surface area contributed by atoms with Gasteiger partial charge in [0, 0.05) is 13.5 Å². The molecule has 96 valence electrons. The lowest BCUT2D eigenvalue weighted by Gasteiger charge is -2.02. The van der Waals surface area contributed by atoms with Gasteiger partial charge in [-0.1, -0.05) is 13.8 Å². The molecule has 0 aliphatic carbocycles. The first-order valence-electron chi connectivity index (χ1n) is 5.92. The molecule has 1 unspecified atom stereocenters. The molecule has 0 aromatic heterocycles. The van der Waals surface area contributed by atoms with E-state index in [0.717, 1.165) is 25.9 Å². The third-order valence-electron chi connectivity index (χ3n) is 2.23. The van der Waals surface area contributed by atoms with Gasteiger partial charge in [-0.15, -0.1) is 0 Å². The van der Waals surface area contributed by atoms with Crippen molar-refractivity contribution in [3.63, 3.8) is 0 Å². The molecule has 1 aliphatic rings. The lowest BCUT2D eigenvalue weighted by Crippen LogP contribution is -2.09. The summed E-state index contributed by atoms with van der Waals surface area (Å²) in [6, 6.07) is 0. The molecule has 0 saturated carbocycles. The molecule has 1 rings (SSSR count). The Bertz CT molecular complexity index is 174. The minimum Gasteiger partial charge on any atom is -0.466 e. The minimum atomic E-state index is -0.185. The average molecular weight is 232 g/mol. The molecule has 0 radical (unpaired) electrons. The number of carbonyl (C=O) groups excluding carboxylic acids is 1. The number of carbonyl (C=O) groups is 1. The zero-order chi connectivity index (χ0) is 12.4. The van der Waals surface area contributed by atoms with Crippen molar-refractivity contribution in [3.8, 4) is 0 Å². The van der Waals surface area contributed by atoms with Crippen LogP contribution in [0.5, 0.6) is 0 Å². The predicted octanol–water partition coefficient (Wildman–Crippen LogP) is 1.75. The van der Waals surface area contributed by atoms with Crippen molar-refractivity contribution in [2.45, 2.75) is 46.1 Å². The molecule has 1 atom stereocenters. The summed E-state index contributed by atoms with van der Waals surface area (Å²) in [6.45, 7) is 7.23. The van der Waals surface area contributed by atoms with Gasteiger partial charge < -0.3 is 14.6 Å². The lowest BCUT2D eigenvalue weighted by molar-refractivity contribution is -0.141. The summed E-state index contributed by atoms with van der Waals surface area (Å²) in [7, 11) is 0. The minimum absolute atomic E-state index is 0.153. The van der Waals surface area contributed by atoms with E-state index in [9.17, 15) is 4.79 Å². The van der Waals surface area contributed by atoms with Gasteiger partial charge in [0.05, 0.1) is 19.3 Å². The first-order chi connectivity index (χ1) is 7.56. The van der Waals surface area contributed by atoms with Crippen LogP contribution in [-0.4, -0.2) is 37.0 Å². The monoisotopic (exact) mass is 232 g/mol. The first-order valence-corrected chi connectivity index (χ1v) is 5.92. The maximum Gasteiger partial charge on any atom is 0.302 e. The lowest BCUT2D eigenvalue weighted by atomic mass is 10.1. The van der Waals surface area contributed by atoms with Crippen LogP contribution in [0, 0.1) is 5.92 Å². The summed E-state index contributed by atoms with van der Waals surface area (Å²) in [6.07, 6.45) is 3.27. The maximum absolute atomic E-state index is 10.2. The second kappa shape index (κ2) is 9.60. The Labute approximate surface area is 97.9 Å². The van der Waals surface area contributed by atoms with E-state index in [1.165, 1.54) is 6.92 Å². The fraction of sp³-hybridized carbons (Fsp3) is 0.917. The molecule has 1 saturated heterocycles. The van der Waals surface area contributed by atoms with Crippen LogP contribution >= 0.6 is 0 Å². The van der Waals surface area contributed by atoms with Crippen molar-refractivity contribution in [1.82, 2.24) is 0 Å². The second-order valence-corrected chi connectivity index (χ2v) is 4.34. The van der Waals surface area contributed by atoms with Gasteiger partial charge in [-0.05, 0) is 25.2 Å². The molecule has 1 aliphatic heterocycles. The Balaban J connectivity index is 0.000000288. The van der Waals surface area contributed by atoms with Gasteiger partial charge in [-0.2, -0.15) is 0 Å². The zero-order valence-electron chi connectivity index (χ0n) is 10.6. The van der Waals surface area contributed by atoms with E-state index in [-0.39, 0.29) is 18.7 Å². The topological polar surface area (TPSA) is 55.8 Å². The fourth-order valence-corrected chi connectivity index (χ4v) is 1.23. The average Bonchev–Trinajstić information content (AvgIpc) is 2.69. The molecule has 0 aromatic carbocycles. The molecule has 4 heteroatoms. The Morgan fingerprint density at radius 3 is 2.56 bits per heavy atom. The zero-order valence-corrected chi connectivity index (χ0v) is 10.6. The van der Waals surface area contributed by atoms with Crippen LogP contribution in [-0.2, 0) is 14.3 Å². The smallest absolute Gasteiger partial charge is 0.302 e. The molecule has 4 nitrogen and oxygen atoms in total. The van der Waals surface area contributed by atoms with E-state index >= 15 is 0 Å². The quantitative estimate of drug-likeness (QED) is 0.750. The van der Waals surface area contributed by atoms with E-state index < -0.39 is 0 Å². The van der Waals surface area contributed by atoms with Crippen molar-refractivity contribution in [2.75, 3.05) is 19.8 Å². The van der Waals surface area contributed by atoms with Gasteiger partial charge in [0.15, 0.2) is 0 Å². The van der Waals surface area contributed by atoms with E-state index in [1.54, 1.807) is 0 Å². The molecule has 1 fully saturated rings. The highest BCUT2D eigenvalue weighted by Crippen LogP contribution is 2.09. The molecular weight excluding hydrogens is 208 g/mol. The van der Waals surface area contributed by atoms with Gasteiger partial charge in [0.2, 0.25) is 0 Å². The Kier molecular flexibility index (Phi) is 9.24. The van der Waals surface area contributed by atoms with Crippen LogP contribution in [0.4, 0.5) is 0 Å². The molecule has 1 heterocycles. The molecule has 16 heavy (non-hydrogen) atoms. The number of aliphatic hydroxyl groups is 1. The van der Waals surface area contributed by atoms with E-state index in [1.807, 2.05) is 0 Å². The van der Waals surface area contributed by atoms with Gasteiger partial charge in [0.1, 0.15) is 0 Å². The Morgan fingerprint density at radius 1 is 1.56 bits per heavy atom. The molecule has 1 N–H and O–H groups in total. The number of ether oxygens (including phenoxy) is 2. The number of hydrogen-bond acceptors (Lipinski definition) is 4. The largest absolute Gasteiger partial charge is 0.466 e. The van der Waals surface area contributed by atoms with Crippen molar-refractivity contribution >= 4 is 5.97 Å². The third kappa shape index (κ3) is 9.93. The summed E-state index contributed by atoms with van der Waals surface area (Å²) < 4.78 is 9.77. The number of aliphatic hydroxyl groups excluding tert-OH is 1. The predicted molar refractivity (Wildman–Crippen MR) is 62.1 cm³/mol. The van der Waals surface area contributed by atoms with Crippen molar-refractivity contribution < 1.29 is 19.4 Å². The van der Waals surface area contributed by atoms with Crippen LogP contribution in [0.3, 0.4) is 0 Å². The van der Waals surface area contributed by atoms with Crippen LogP contribution in [0.1, 0.15) is 40.0 Å². The van der Waals surface area contributed by atoms with Gasteiger partial charge in [0.25, 0.3) is 0 Å². The van der Waals surface area contributed by atoms with E-state index in [0.29, 0.717) is 12.5 Å². The highest BCUT2D eigenvalue weighted by atomic mass is 16.5. The van der Waals surface area contributed by atoms with Crippen LogP contribution in [0.15, 0.2) is 0 Å². The molecular formula is C12H24O4. The highest BCUT2D eigenvalue weighted by Gasteiger charge is 2.12.